The van der Waals surface area contributed by atoms with Crippen molar-refractivity contribution in [2.75, 3.05) is 18.4 Å². The quantitative estimate of drug-likeness (QED) is 0.817. The van der Waals surface area contributed by atoms with Crippen LogP contribution in [-0.2, 0) is 9.59 Å². The first kappa shape index (κ1) is 12.4. The second kappa shape index (κ2) is 5.07. The lowest BCUT2D eigenvalue weighted by atomic mass is 10.4. The highest BCUT2D eigenvalue weighted by Crippen LogP contribution is 2.13. The van der Waals surface area contributed by atoms with Gasteiger partial charge in [0.2, 0.25) is 23.7 Å². The van der Waals surface area contributed by atoms with Gasteiger partial charge < -0.3 is 10.2 Å². The van der Waals surface area contributed by atoms with Gasteiger partial charge in [0.15, 0.2) is 0 Å². The van der Waals surface area contributed by atoms with Crippen LogP contribution in [0.15, 0.2) is 12.1 Å². The molecule has 2 rings (SSSR count). The highest BCUT2D eigenvalue weighted by molar-refractivity contribution is 5.94. The lowest BCUT2D eigenvalue weighted by Gasteiger charge is -2.14. The van der Waals surface area contributed by atoms with Gasteiger partial charge in [0, 0.05) is 13.0 Å². The van der Waals surface area contributed by atoms with E-state index in [2.05, 4.69) is 10.3 Å². The summed E-state index contributed by atoms with van der Waals surface area (Å²) in [5, 5.41) is 2.25. The fraction of sp³-hybridized carbons (Fsp3) is 0.364. The fourth-order valence-electron chi connectivity index (χ4n) is 1.74. The van der Waals surface area contributed by atoms with Crippen LogP contribution in [0.1, 0.15) is 12.8 Å². The Hall–Kier alpha value is -2.05. The molecule has 7 heteroatoms. The number of amides is 2. The van der Waals surface area contributed by atoms with Gasteiger partial charge in [-0.25, -0.2) is 0 Å². The summed E-state index contributed by atoms with van der Waals surface area (Å²) in [7, 11) is 0. The standard InChI is InChI=1S/C11H11F2N3O2/c12-8-4-3-7(11(13)15-8)14-9(17)6-16-5-1-2-10(16)18/h3-4H,1-2,5-6H2,(H,14,17). The smallest absolute Gasteiger partial charge is 0.244 e. The van der Waals surface area contributed by atoms with E-state index in [4.69, 9.17) is 0 Å². The fourth-order valence-corrected chi connectivity index (χ4v) is 1.74. The summed E-state index contributed by atoms with van der Waals surface area (Å²) in [5.74, 6) is -2.67. The van der Waals surface area contributed by atoms with Crippen molar-refractivity contribution < 1.29 is 18.4 Å². The summed E-state index contributed by atoms with van der Waals surface area (Å²) in [4.78, 5) is 27.2. The van der Waals surface area contributed by atoms with Crippen molar-refractivity contribution in [3.05, 3.63) is 24.0 Å². The Morgan fingerprint density at radius 2 is 2.22 bits per heavy atom. The van der Waals surface area contributed by atoms with Gasteiger partial charge in [0.25, 0.3) is 0 Å². The van der Waals surface area contributed by atoms with Crippen LogP contribution in [0, 0.1) is 11.9 Å². The van der Waals surface area contributed by atoms with E-state index in [9.17, 15) is 18.4 Å². The predicted octanol–water partition coefficient (Wildman–Crippen LogP) is 0.921. The highest BCUT2D eigenvalue weighted by Gasteiger charge is 2.22. The topological polar surface area (TPSA) is 62.3 Å². The molecule has 1 saturated heterocycles. The van der Waals surface area contributed by atoms with Crippen molar-refractivity contribution in [2.24, 2.45) is 0 Å². The molecule has 0 atom stereocenters. The van der Waals surface area contributed by atoms with Gasteiger partial charge in [0.05, 0.1) is 12.2 Å². The van der Waals surface area contributed by atoms with Crippen molar-refractivity contribution in [1.82, 2.24) is 9.88 Å². The first-order valence-electron chi connectivity index (χ1n) is 5.46. The third-order valence-corrected chi connectivity index (χ3v) is 2.59. The van der Waals surface area contributed by atoms with Crippen molar-refractivity contribution in [3.63, 3.8) is 0 Å². The molecule has 1 N–H and O–H groups in total. The lowest BCUT2D eigenvalue weighted by Crippen LogP contribution is -2.34. The molecule has 0 saturated carbocycles. The van der Waals surface area contributed by atoms with E-state index in [1.165, 1.54) is 4.90 Å². The number of anilines is 1. The van der Waals surface area contributed by atoms with Crippen LogP contribution in [-0.4, -0.2) is 34.8 Å². The zero-order chi connectivity index (χ0) is 13.1. The van der Waals surface area contributed by atoms with Crippen molar-refractivity contribution in [1.29, 1.82) is 0 Å². The van der Waals surface area contributed by atoms with Crippen molar-refractivity contribution in [3.8, 4) is 0 Å². The predicted molar refractivity (Wildman–Crippen MR) is 58.6 cm³/mol. The molecule has 1 aromatic rings. The molecule has 1 aliphatic heterocycles. The number of nitrogens with one attached hydrogen (secondary N) is 1. The molecule has 5 nitrogen and oxygen atoms in total. The molecular formula is C11H11F2N3O2. The second-order valence-corrected chi connectivity index (χ2v) is 3.94. The number of pyridine rings is 1. The molecule has 1 fully saturated rings. The number of nitrogens with zero attached hydrogens (tertiary/aromatic N) is 2. The maximum atomic E-state index is 13.2. The number of carbonyl (C=O) groups is 2. The average molecular weight is 255 g/mol. The number of aromatic nitrogens is 1. The molecule has 96 valence electrons. The first-order valence-corrected chi connectivity index (χ1v) is 5.46. The summed E-state index contributed by atoms with van der Waals surface area (Å²) in [5.41, 5.74) is -0.201. The maximum Gasteiger partial charge on any atom is 0.244 e. The monoisotopic (exact) mass is 255 g/mol. The average Bonchev–Trinajstić information content (AvgIpc) is 2.69. The second-order valence-electron chi connectivity index (χ2n) is 3.94. The normalized spacial score (nSPS) is 15.0. The number of likely N-dealkylation sites (tertiary alicyclic amines) is 1. The lowest BCUT2D eigenvalue weighted by molar-refractivity contribution is -0.131. The molecule has 0 unspecified atom stereocenters. The summed E-state index contributed by atoms with van der Waals surface area (Å²) in [6.45, 7) is 0.395. The SMILES string of the molecule is O=C(CN1CCCC1=O)Nc1ccc(F)nc1F. The van der Waals surface area contributed by atoms with Gasteiger partial charge in [0.1, 0.15) is 0 Å². The van der Waals surface area contributed by atoms with E-state index in [0.29, 0.717) is 13.0 Å². The minimum Gasteiger partial charge on any atom is -0.333 e. The Bertz CT molecular complexity index is 493. The molecule has 0 spiro atoms. The summed E-state index contributed by atoms with van der Waals surface area (Å²) in [6, 6.07) is 2.03. The van der Waals surface area contributed by atoms with Crippen LogP contribution >= 0.6 is 0 Å². The van der Waals surface area contributed by atoms with Crippen LogP contribution in [0.25, 0.3) is 0 Å². The number of halogens is 2. The van der Waals surface area contributed by atoms with E-state index < -0.39 is 17.8 Å². The molecule has 1 aromatic heterocycles. The van der Waals surface area contributed by atoms with Gasteiger partial charge in [-0.2, -0.15) is 13.8 Å². The van der Waals surface area contributed by atoms with E-state index in [-0.39, 0.29) is 18.1 Å². The van der Waals surface area contributed by atoms with E-state index in [1.807, 2.05) is 0 Å². The zero-order valence-electron chi connectivity index (χ0n) is 9.45. The molecule has 0 aliphatic carbocycles. The van der Waals surface area contributed by atoms with E-state index in [0.717, 1.165) is 18.6 Å². The molecule has 0 bridgehead atoms. The minimum absolute atomic E-state index is 0.0946. The molecule has 2 heterocycles. The van der Waals surface area contributed by atoms with E-state index >= 15 is 0 Å². The van der Waals surface area contributed by atoms with Crippen LogP contribution < -0.4 is 5.32 Å². The van der Waals surface area contributed by atoms with Gasteiger partial charge in [-0.1, -0.05) is 0 Å². The van der Waals surface area contributed by atoms with Crippen molar-refractivity contribution >= 4 is 17.5 Å². The van der Waals surface area contributed by atoms with Crippen LogP contribution in [0.5, 0.6) is 0 Å². The first-order chi connectivity index (χ1) is 8.56. The van der Waals surface area contributed by atoms with Crippen LogP contribution in [0.2, 0.25) is 0 Å². The maximum absolute atomic E-state index is 13.2. The van der Waals surface area contributed by atoms with Gasteiger partial charge in [-0.15, -0.1) is 0 Å². The Morgan fingerprint density at radius 1 is 1.44 bits per heavy atom. The molecule has 2 amide bonds. The Labute approximate surface area is 102 Å². The Balaban J connectivity index is 1.96. The highest BCUT2D eigenvalue weighted by atomic mass is 19.1. The molecule has 0 aromatic carbocycles. The largest absolute Gasteiger partial charge is 0.333 e. The number of hydrogen-bond acceptors (Lipinski definition) is 3. The Morgan fingerprint density at radius 3 is 2.83 bits per heavy atom. The molecular weight excluding hydrogens is 244 g/mol. The third kappa shape index (κ3) is 2.79. The van der Waals surface area contributed by atoms with Gasteiger partial charge in [-0.3, -0.25) is 9.59 Å². The van der Waals surface area contributed by atoms with Gasteiger partial charge >= 0.3 is 0 Å². The van der Waals surface area contributed by atoms with Crippen LogP contribution in [0.3, 0.4) is 0 Å². The minimum atomic E-state index is -1.09. The summed E-state index contributed by atoms with van der Waals surface area (Å²) in [6.07, 6.45) is 1.15. The number of carbonyl (C=O) groups excluding carboxylic acids is 2. The summed E-state index contributed by atoms with van der Waals surface area (Å²) < 4.78 is 25.7. The number of rotatable bonds is 3. The molecule has 18 heavy (non-hydrogen) atoms. The summed E-state index contributed by atoms with van der Waals surface area (Å²) >= 11 is 0. The number of hydrogen-bond donors (Lipinski definition) is 1. The zero-order valence-corrected chi connectivity index (χ0v) is 9.45. The van der Waals surface area contributed by atoms with E-state index in [1.54, 1.807) is 0 Å². The van der Waals surface area contributed by atoms with Crippen LogP contribution in [0.4, 0.5) is 14.5 Å². The van der Waals surface area contributed by atoms with Gasteiger partial charge in [-0.05, 0) is 18.6 Å². The van der Waals surface area contributed by atoms with Crippen molar-refractivity contribution in [2.45, 2.75) is 12.8 Å². The molecule has 1 aliphatic rings. The molecule has 0 radical (unpaired) electrons. The third-order valence-electron chi connectivity index (χ3n) is 2.59. The Kier molecular flexibility index (Phi) is 3.50.